The van der Waals surface area contributed by atoms with Gasteiger partial charge in [0.05, 0.1) is 0 Å². The average molecular weight is 473 g/mol. The first kappa shape index (κ1) is 26.4. The van der Waals surface area contributed by atoms with E-state index < -0.39 is 8.07 Å². The van der Waals surface area contributed by atoms with Crippen molar-refractivity contribution in [1.29, 1.82) is 0 Å². The molecule has 2 aromatic rings. The molecule has 5 heteroatoms. The molecule has 0 aromatic heterocycles. The van der Waals surface area contributed by atoms with E-state index in [9.17, 15) is 0 Å². The molecule has 0 atom stereocenters. The van der Waals surface area contributed by atoms with E-state index in [0.29, 0.717) is 0 Å². The predicted octanol–water partition coefficient (Wildman–Crippen LogP) is -0.0957. The van der Waals surface area contributed by atoms with Crippen molar-refractivity contribution in [3.05, 3.63) is 65.9 Å². The second-order valence-corrected chi connectivity index (χ2v) is 21.1. The molecule has 0 fully saturated rings. The van der Waals surface area contributed by atoms with Crippen LogP contribution < -0.4 is 24.8 Å². The largest absolute Gasteiger partial charge is 1.00 e. The summed E-state index contributed by atoms with van der Waals surface area (Å²) < 4.78 is 0. The summed E-state index contributed by atoms with van der Waals surface area (Å²) >= 11 is 1.74. The van der Waals surface area contributed by atoms with Crippen molar-refractivity contribution < 1.29 is 48.1 Å². The molecule has 130 valence electrons. The van der Waals surface area contributed by atoms with Gasteiger partial charge in [-0.2, -0.15) is 23.6 Å². The zero-order valence-electron chi connectivity index (χ0n) is 15.2. The van der Waals surface area contributed by atoms with E-state index in [2.05, 4.69) is 93.4 Å². The Morgan fingerprint density at radius 3 is 2.08 bits per heavy atom. The Bertz CT molecular complexity index is 633. The number of rotatable bonds is 1. The number of allylic oxidation sites excluding steroid dienone is 4. The van der Waals surface area contributed by atoms with Crippen LogP contribution in [0.15, 0.2) is 59.8 Å². The van der Waals surface area contributed by atoms with Crippen LogP contribution in [0.2, 0.25) is 32.7 Å². The quantitative estimate of drug-likeness (QED) is 0.402. The molecular formula is C19H26Cl2Si2Zr-2. The fraction of sp³-hybridized carbons (Fsp3) is 0.316. The molecule has 0 N–H and O–H groups in total. The standard InChI is InChI=1S/C9H7.C8H13Si.C2H6Si.2ClH.Zr/c1-2-5-9-7-3-6-8(9)4-1;1-9(2,3)8-6-4-5-7-8;1-3-2;;;/h1-7H;6-7H,4H2,1-3H3;1-2H3;2*1H;/q2*-1;;;;+2/p-2. The topological polar surface area (TPSA) is 0 Å². The molecule has 0 amide bonds. The maximum Gasteiger partial charge on any atom is -0.0809 e. The molecule has 0 spiro atoms. The molecule has 1 aliphatic carbocycles. The summed E-state index contributed by atoms with van der Waals surface area (Å²) in [5.74, 6) is 0. The summed E-state index contributed by atoms with van der Waals surface area (Å²) in [6.45, 7) is 11.7. The Labute approximate surface area is 176 Å². The molecule has 0 unspecified atom stereocenters. The minimum absolute atomic E-state index is 0. The third-order valence-electron chi connectivity index (χ3n) is 3.11. The van der Waals surface area contributed by atoms with E-state index in [1.807, 2.05) is 0 Å². The SMILES string of the molecule is C[Si](C)(C)C1=CC[C-]=C1.C[Si](C)=[Zr+2].[Cl-].[Cl-].c1ccc2[cH-]ccc2c1. The first-order valence-electron chi connectivity index (χ1n) is 7.70. The van der Waals surface area contributed by atoms with Crippen LogP contribution in [-0.4, -0.2) is 13.5 Å². The fourth-order valence-corrected chi connectivity index (χ4v) is 3.24. The van der Waals surface area contributed by atoms with Gasteiger partial charge in [-0.05, 0) is 8.07 Å². The summed E-state index contributed by atoms with van der Waals surface area (Å²) in [4.78, 5) is 0. The van der Waals surface area contributed by atoms with Gasteiger partial charge < -0.3 is 24.8 Å². The van der Waals surface area contributed by atoms with Crippen molar-refractivity contribution >= 4 is 24.3 Å². The molecule has 0 saturated heterocycles. The average Bonchev–Trinajstić information content (AvgIpc) is 3.10. The van der Waals surface area contributed by atoms with Gasteiger partial charge in [-0.1, -0.05) is 25.7 Å². The predicted molar refractivity (Wildman–Crippen MR) is 101 cm³/mol. The van der Waals surface area contributed by atoms with Crippen LogP contribution in [0.25, 0.3) is 10.8 Å². The van der Waals surface area contributed by atoms with Gasteiger partial charge in [-0.25, -0.2) is 11.3 Å². The first-order chi connectivity index (χ1) is 10.3. The maximum absolute atomic E-state index is 3.20. The van der Waals surface area contributed by atoms with Crippen molar-refractivity contribution in [3.63, 3.8) is 0 Å². The van der Waals surface area contributed by atoms with Crippen LogP contribution in [0.5, 0.6) is 0 Å². The molecule has 3 rings (SSSR count). The Morgan fingerprint density at radius 1 is 1.08 bits per heavy atom. The molecule has 2 aromatic carbocycles. The Kier molecular flexibility index (Phi) is 14.8. The second kappa shape index (κ2) is 13.4. The number of fused-ring (bicyclic) bond motifs is 1. The second-order valence-electron chi connectivity index (χ2n) is 6.62. The zero-order chi connectivity index (χ0) is 16.6. The van der Waals surface area contributed by atoms with Gasteiger partial charge in [-0.15, -0.1) is 36.1 Å². The van der Waals surface area contributed by atoms with E-state index in [1.165, 1.54) is 10.8 Å². The summed E-state index contributed by atoms with van der Waals surface area (Å²) in [7, 11) is -0.981. The van der Waals surface area contributed by atoms with E-state index in [1.54, 1.807) is 28.5 Å². The minimum Gasteiger partial charge on any atom is -1.00 e. The zero-order valence-corrected chi connectivity index (χ0v) is 21.1. The summed E-state index contributed by atoms with van der Waals surface area (Å²) in [6, 6.07) is 14.7. The van der Waals surface area contributed by atoms with Gasteiger partial charge in [0.1, 0.15) is 0 Å². The van der Waals surface area contributed by atoms with Gasteiger partial charge in [0.25, 0.3) is 0 Å². The van der Waals surface area contributed by atoms with Crippen LogP contribution in [0.3, 0.4) is 0 Å². The van der Waals surface area contributed by atoms with E-state index in [-0.39, 0.29) is 30.2 Å². The first-order valence-corrected chi connectivity index (χ1v) is 17.4. The normalized spacial score (nSPS) is 11.9. The molecule has 0 nitrogen and oxygen atoms in total. The number of halogens is 2. The van der Waals surface area contributed by atoms with Gasteiger partial charge in [-0.3, -0.25) is 6.08 Å². The number of hydrogen-bond donors (Lipinski definition) is 0. The van der Waals surface area contributed by atoms with Crippen molar-refractivity contribution in [1.82, 2.24) is 0 Å². The van der Waals surface area contributed by atoms with Gasteiger partial charge in [0, 0.05) is 0 Å². The van der Waals surface area contributed by atoms with E-state index in [4.69, 9.17) is 0 Å². The summed E-state index contributed by atoms with van der Waals surface area (Å²) in [6.07, 6.45) is 8.69. The van der Waals surface area contributed by atoms with Gasteiger partial charge >= 0.3 is 41.9 Å². The van der Waals surface area contributed by atoms with Crippen molar-refractivity contribution in [2.75, 3.05) is 0 Å². The van der Waals surface area contributed by atoms with Crippen LogP contribution in [-0.2, 0) is 23.3 Å². The van der Waals surface area contributed by atoms with Crippen molar-refractivity contribution in [3.8, 4) is 0 Å². The molecule has 1 aliphatic rings. The molecule has 0 bridgehead atoms. The van der Waals surface area contributed by atoms with Crippen molar-refractivity contribution in [2.24, 2.45) is 0 Å². The smallest absolute Gasteiger partial charge is 0.0809 e. The van der Waals surface area contributed by atoms with Crippen LogP contribution in [0.4, 0.5) is 0 Å². The van der Waals surface area contributed by atoms with Crippen molar-refractivity contribution in [2.45, 2.75) is 39.2 Å². The fourth-order valence-electron chi connectivity index (χ4n) is 1.99. The van der Waals surface area contributed by atoms with E-state index >= 15 is 0 Å². The van der Waals surface area contributed by atoms with Crippen LogP contribution in [0.1, 0.15) is 6.42 Å². The maximum atomic E-state index is 3.20. The third kappa shape index (κ3) is 10.9. The van der Waals surface area contributed by atoms with Gasteiger partial charge in [0.15, 0.2) is 0 Å². The third-order valence-corrected chi connectivity index (χ3v) is 5.19. The Hall–Kier alpha value is 0.207. The Balaban J connectivity index is 0. The Morgan fingerprint density at radius 2 is 1.67 bits per heavy atom. The van der Waals surface area contributed by atoms with E-state index in [0.717, 1.165) is 6.42 Å². The monoisotopic (exact) mass is 470 g/mol. The number of benzene rings is 1. The van der Waals surface area contributed by atoms with Crippen LogP contribution >= 0.6 is 0 Å². The molecule has 24 heavy (non-hydrogen) atoms. The van der Waals surface area contributed by atoms with Crippen LogP contribution in [0, 0.1) is 6.08 Å². The van der Waals surface area contributed by atoms with Gasteiger partial charge in [0.2, 0.25) is 0 Å². The molecule has 0 radical (unpaired) electrons. The molecule has 0 heterocycles. The summed E-state index contributed by atoms with van der Waals surface area (Å²) in [5.41, 5.74) is 0.210. The minimum atomic E-state index is -0.981. The summed E-state index contributed by atoms with van der Waals surface area (Å²) in [5, 5.41) is 4.22. The number of hydrogen-bond acceptors (Lipinski definition) is 0. The molecule has 0 saturated carbocycles. The molecule has 0 aliphatic heterocycles. The molecular weight excluding hydrogens is 447 g/mol.